The van der Waals surface area contributed by atoms with Crippen LogP contribution in [0, 0.1) is 6.92 Å². The van der Waals surface area contributed by atoms with Crippen molar-refractivity contribution < 1.29 is 4.79 Å². The lowest BCUT2D eigenvalue weighted by atomic mass is 9.99. The van der Waals surface area contributed by atoms with E-state index >= 15 is 0 Å². The largest absolute Gasteiger partial charge is 0.300 e. The predicted molar refractivity (Wildman–Crippen MR) is 103 cm³/mol. The van der Waals surface area contributed by atoms with Crippen LogP contribution in [0.4, 0.5) is 0 Å². The van der Waals surface area contributed by atoms with Crippen LogP contribution in [0.3, 0.4) is 0 Å². The summed E-state index contributed by atoms with van der Waals surface area (Å²) in [6.45, 7) is 5.86. The molecule has 0 unspecified atom stereocenters. The van der Waals surface area contributed by atoms with Gasteiger partial charge in [-0.05, 0) is 74.3 Å². The van der Waals surface area contributed by atoms with Gasteiger partial charge in [0, 0.05) is 6.42 Å². The molecular formula is C23H28O. The Hall–Kier alpha value is -2.15. The second kappa shape index (κ2) is 9.22. The third-order valence-corrected chi connectivity index (χ3v) is 4.35. The van der Waals surface area contributed by atoms with Crippen LogP contribution in [0.25, 0.3) is 6.08 Å². The minimum Gasteiger partial charge on any atom is -0.300 e. The van der Waals surface area contributed by atoms with E-state index in [2.05, 4.69) is 68.5 Å². The summed E-state index contributed by atoms with van der Waals surface area (Å²) in [5.41, 5.74) is 6.56. The standard InChI is InChI=1S/C23H28O/c1-4-7-23-17-21(11-10-18(23)2)9-6-5-8-20-12-14-22(15-13-20)16-19(3)24/h4,7,10-15,17H,5-6,8-9,16H2,1-3H3/b7-4-. The maximum atomic E-state index is 11.1. The van der Waals surface area contributed by atoms with E-state index in [4.69, 9.17) is 0 Å². The molecule has 0 N–H and O–H groups in total. The van der Waals surface area contributed by atoms with Crippen molar-refractivity contribution in [2.45, 2.75) is 52.9 Å². The van der Waals surface area contributed by atoms with E-state index in [1.54, 1.807) is 6.92 Å². The summed E-state index contributed by atoms with van der Waals surface area (Å²) >= 11 is 0. The molecule has 0 aliphatic carbocycles. The van der Waals surface area contributed by atoms with Crippen LogP contribution in [0.15, 0.2) is 48.5 Å². The lowest BCUT2D eigenvalue weighted by molar-refractivity contribution is -0.116. The van der Waals surface area contributed by atoms with Crippen LogP contribution >= 0.6 is 0 Å². The number of carbonyl (C=O) groups excluding carboxylic acids is 1. The molecule has 0 aliphatic rings. The minimum atomic E-state index is 0.220. The molecule has 2 rings (SSSR count). The van der Waals surface area contributed by atoms with Crippen molar-refractivity contribution in [2.75, 3.05) is 0 Å². The predicted octanol–water partition coefficient (Wildman–Crippen LogP) is 5.73. The van der Waals surface area contributed by atoms with E-state index in [9.17, 15) is 4.79 Å². The lowest BCUT2D eigenvalue weighted by Crippen LogP contribution is -1.96. The Balaban J connectivity index is 1.80. The molecule has 0 bridgehead atoms. The molecule has 0 radical (unpaired) electrons. The van der Waals surface area contributed by atoms with E-state index in [1.807, 2.05) is 0 Å². The summed E-state index contributed by atoms with van der Waals surface area (Å²) in [7, 11) is 0. The molecule has 0 fully saturated rings. The fourth-order valence-corrected chi connectivity index (χ4v) is 2.97. The molecule has 0 amide bonds. The third kappa shape index (κ3) is 5.81. The number of unbranched alkanes of at least 4 members (excludes halogenated alkanes) is 1. The van der Waals surface area contributed by atoms with Gasteiger partial charge in [0.25, 0.3) is 0 Å². The molecule has 2 aromatic carbocycles. The van der Waals surface area contributed by atoms with Crippen LogP contribution in [0.5, 0.6) is 0 Å². The van der Waals surface area contributed by atoms with Crippen LogP contribution in [-0.4, -0.2) is 5.78 Å². The minimum absolute atomic E-state index is 0.220. The highest BCUT2D eigenvalue weighted by Gasteiger charge is 2.01. The summed E-state index contributed by atoms with van der Waals surface area (Å²) in [6.07, 6.45) is 9.46. The van der Waals surface area contributed by atoms with Gasteiger partial charge < -0.3 is 0 Å². The van der Waals surface area contributed by atoms with Crippen LogP contribution in [-0.2, 0) is 24.1 Å². The summed E-state index contributed by atoms with van der Waals surface area (Å²) < 4.78 is 0. The van der Waals surface area contributed by atoms with Gasteiger partial charge in [-0.15, -0.1) is 0 Å². The van der Waals surface area contributed by atoms with E-state index in [0.29, 0.717) is 6.42 Å². The van der Waals surface area contributed by atoms with Crippen molar-refractivity contribution in [3.8, 4) is 0 Å². The summed E-state index contributed by atoms with van der Waals surface area (Å²) in [6, 6.07) is 15.3. The first-order valence-electron chi connectivity index (χ1n) is 8.88. The number of aryl methyl sites for hydroxylation is 3. The summed E-state index contributed by atoms with van der Waals surface area (Å²) in [5, 5.41) is 0. The Kier molecular flexibility index (Phi) is 6.99. The maximum Gasteiger partial charge on any atom is 0.134 e. The first-order chi connectivity index (χ1) is 11.6. The van der Waals surface area contributed by atoms with Gasteiger partial charge in [0.1, 0.15) is 5.78 Å². The quantitative estimate of drug-likeness (QED) is 0.568. The molecular weight excluding hydrogens is 292 g/mol. The number of allylic oxidation sites excluding steroid dienone is 1. The third-order valence-electron chi connectivity index (χ3n) is 4.35. The highest BCUT2D eigenvalue weighted by atomic mass is 16.1. The van der Waals surface area contributed by atoms with Crippen LogP contribution < -0.4 is 0 Å². The molecule has 1 nitrogen and oxygen atoms in total. The Morgan fingerprint density at radius 3 is 2.12 bits per heavy atom. The van der Waals surface area contributed by atoms with Gasteiger partial charge in [-0.3, -0.25) is 4.79 Å². The van der Waals surface area contributed by atoms with Crippen molar-refractivity contribution in [3.05, 3.63) is 76.4 Å². The molecule has 0 saturated carbocycles. The average molecular weight is 320 g/mol. The Labute approximate surface area is 146 Å². The van der Waals surface area contributed by atoms with Crippen molar-refractivity contribution in [1.82, 2.24) is 0 Å². The monoisotopic (exact) mass is 320 g/mol. The zero-order valence-corrected chi connectivity index (χ0v) is 15.1. The molecule has 0 saturated heterocycles. The number of carbonyl (C=O) groups is 1. The number of Topliss-reactive ketones (excluding diaryl/α,β-unsaturated/α-hetero) is 1. The first-order valence-corrected chi connectivity index (χ1v) is 8.88. The van der Waals surface area contributed by atoms with Crippen molar-refractivity contribution in [3.63, 3.8) is 0 Å². The zero-order chi connectivity index (χ0) is 17.4. The fourth-order valence-electron chi connectivity index (χ4n) is 2.97. The summed E-state index contributed by atoms with van der Waals surface area (Å²) in [5.74, 6) is 0.220. The number of ketones is 1. The van der Waals surface area contributed by atoms with Gasteiger partial charge in [0.05, 0.1) is 0 Å². The molecule has 0 heterocycles. The highest BCUT2D eigenvalue weighted by Crippen LogP contribution is 2.16. The van der Waals surface area contributed by atoms with E-state index < -0.39 is 0 Å². The smallest absolute Gasteiger partial charge is 0.134 e. The number of hydrogen-bond acceptors (Lipinski definition) is 1. The van der Waals surface area contributed by atoms with E-state index in [1.165, 1.54) is 35.1 Å². The Morgan fingerprint density at radius 2 is 1.50 bits per heavy atom. The fraction of sp³-hybridized carbons (Fsp3) is 0.348. The molecule has 0 spiro atoms. The molecule has 24 heavy (non-hydrogen) atoms. The summed E-state index contributed by atoms with van der Waals surface area (Å²) in [4.78, 5) is 11.1. The van der Waals surface area contributed by atoms with Gasteiger partial charge in [0.15, 0.2) is 0 Å². The Bertz CT molecular complexity index is 692. The van der Waals surface area contributed by atoms with Crippen molar-refractivity contribution in [1.29, 1.82) is 0 Å². The molecule has 0 aromatic heterocycles. The number of benzene rings is 2. The SMILES string of the molecule is C/C=C\c1cc(CCCCc2ccc(CC(C)=O)cc2)ccc1C. The zero-order valence-electron chi connectivity index (χ0n) is 15.1. The van der Waals surface area contributed by atoms with Gasteiger partial charge in [-0.25, -0.2) is 0 Å². The van der Waals surface area contributed by atoms with Gasteiger partial charge >= 0.3 is 0 Å². The lowest BCUT2D eigenvalue weighted by Gasteiger charge is -2.07. The topological polar surface area (TPSA) is 17.1 Å². The van der Waals surface area contributed by atoms with Crippen molar-refractivity contribution >= 4 is 11.9 Å². The molecule has 1 heteroatoms. The Morgan fingerprint density at radius 1 is 0.917 bits per heavy atom. The van der Waals surface area contributed by atoms with Crippen molar-refractivity contribution in [2.24, 2.45) is 0 Å². The van der Waals surface area contributed by atoms with Crippen LogP contribution in [0.2, 0.25) is 0 Å². The van der Waals surface area contributed by atoms with Gasteiger partial charge in [-0.1, -0.05) is 54.6 Å². The normalized spacial score (nSPS) is 11.1. The molecule has 2 aromatic rings. The molecule has 0 atom stereocenters. The van der Waals surface area contributed by atoms with Crippen LogP contribution in [0.1, 0.15) is 54.5 Å². The number of hydrogen-bond donors (Lipinski definition) is 0. The molecule has 126 valence electrons. The second-order valence-electron chi connectivity index (χ2n) is 6.59. The van der Waals surface area contributed by atoms with Gasteiger partial charge in [0.2, 0.25) is 0 Å². The van der Waals surface area contributed by atoms with E-state index in [0.717, 1.165) is 18.4 Å². The second-order valence-corrected chi connectivity index (χ2v) is 6.59. The first kappa shape index (κ1) is 18.2. The average Bonchev–Trinajstić information content (AvgIpc) is 2.55. The van der Waals surface area contributed by atoms with E-state index in [-0.39, 0.29) is 5.78 Å². The molecule has 0 aliphatic heterocycles. The number of rotatable bonds is 8. The highest BCUT2D eigenvalue weighted by molar-refractivity contribution is 5.78. The maximum absolute atomic E-state index is 11.1. The van der Waals surface area contributed by atoms with Gasteiger partial charge in [-0.2, -0.15) is 0 Å².